The fourth-order valence-corrected chi connectivity index (χ4v) is 10.0. The maximum absolute atomic E-state index is 9.68. The van der Waals surface area contributed by atoms with E-state index < -0.39 is 0 Å². The quantitative estimate of drug-likeness (QED) is 0.747. The van der Waals surface area contributed by atoms with Gasteiger partial charge in [-0.25, -0.2) is 0 Å². The maximum atomic E-state index is 9.68. The molecule has 3 heteroatoms. The van der Waals surface area contributed by atoms with Gasteiger partial charge in [-0.2, -0.15) is 0 Å². The van der Waals surface area contributed by atoms with Gasteiger partial charge in [0.15, 0.2) is 0 Å². The van der Waals surface area contributed by atoms with Crippen LogP contribution in [-0.4, -0.2) is 36.6 Å². The molecule has 0 aromatic carbocycles. The zero-order valence-electron chi connectivity index (χ0n) is 16.7. The number of ether oxygens (including phenoxy) is 1. The molecule has 12 unspecified atom stereocenters. The number of aliphatic hydroxyl groups excluding tert-OH is 2. The van der Waals surface area contributed by atoms with Gasteiger partial charge in [0, 0.05) is 26.4 Å². The summed E-state index contributed by atoms with van der Waals surface area (Å²) in [4.78, 5) is 0. The minimum atomic E-state index is 0.426. The molecule has 2 N–H and O–H groups in total. The van der Waals surface area contributed by atoms with E-state index in [2.05, 4.69) is 0 Å². The summed E-state index contributed by atoms with van der Waals surface area (Å²) < 4.78 is 6.43. The zero-order valence-corrected chi connectivity index (χ0v) is 16.7. The zero-order chi connectivity index (χ0) is 18.1. The van der Waals surface area contributed by atoms with Gasteiger partial charge in [0.25, 0.3) is 0 Å². The number of rotatable bonds is 6. The molecule has 0 aliphatic heterocycles. The van der Waals surface area contributed by atoms with Crippen molar-refractivity contribution in [3.63, 3.8) is 0 Å². The Morgan fingerprint density at radius 2 is 1.11 bits per heavy atom. The summed E-state index contributed by atoms with van der Waals surface area (Å²) in [7, 11) is 0. The Kier molecular flexibility index (Phi) is 4.40. The predicted octanol–water partition coefficient (Wildman–Crippen LogP) is 3.58. The minimum Gasteiger partial charge on any atom is -0.396 e. The second-order valence-electron chi connectivity index (χ2n) is 11.4. The number of aliphatic hydroxyl groups is 2. The average molecular weight is 375 g/mol. The topological polar surface area (TPSA) is 49.7 Å². The molecule has 0 heterocycles. The molecule has 6 aliphatic rings. The first kappa shape index (κ1) is 17.7. The highest BCUT2D eigenvalue weighted by Crippen LogP contribution is 2.64. The average Bonchev–Trinajstić information content (AvgIpc) is 3.48. The summed E-state index contributed by atoms with van der Waals surface area (Å²) >= 11 is 0. The highest BCUT2D eigenvalue weighted by atomic mass is 16.5. The second-order valence-corrected chi connectivity index (χ2v) is 11.4. The first-order chi connectivity index (χ1) is 13.3. The molecule has 0 radical (unpaired) electrons. The molecule has 0 amide bonds. The van der Waals surface area contributed by atoms with Crippen molar-refractivity contribution in [2.24, 2.45) is 71.0 Å². The number of fused-ring (bicyclic) bond motifs is 10. The SMILES string of the molecule is OCC1CC2CC1C1CCC(COCC3CC4CC3C3CCC(CO)C43)C21. The summed E-state index contributed by atoms with van der Waals surface area (Å²) in [6.45, 7) is 2.87. The van der Waals surface area contributed by atoms with E-state index in [1.165, 1.54) is 51.4 Å². The Hall–Kier alpha value is -0.120. The van der Waals surface area contributed by atoms with Crippen molar-refractivity contribution in [1.82, 2.24) is 0 Å². The van der Waals surface area contributed by atoms with Crippen LogP contribution in [0.1, 0.15) is 51.4 Å². The summed E-state index contributed by atoms with van der Waals surface area (Å²) in [5, 5.41) is 19.3. The first-order valence-electron chi connectivity index (χ1n) is 12.1. The molecule has 6 rings (SSSR count). The normalized spacial score (nSPS) is 57.6. The highest BCUT2D eigenvalue weighted by molar-refractivity contribution is 5.06. The van der Waals surface area contributed by atoms with E-state index in [-0.39, 0.29) is 0 Å². The van der Waals surface area contributed by atoms with Gasteiger partial charge in [0.2, 0.25) is 0 Å². The lowest BCUT2D eigenvalue weighted by Crippen LogP contribution is -2.32. The van der Waals surface area contributed by atoms with Gasteiger partial charge in [0.05, 0.1) is 0 Å². The Labute approximate surface area is 164 Å². The van der Waals surface area contributed by atoms with Crippen molar-refractivity contribution >= 4 is 0 Å². The molecular formula is C24H38O3. The maximum Gasteiger partial charge on any atom is 0.0497 e. The van der Waals surface area contributed by atoms with E-state index in [0.29, 0.717) is 25.0 Å². The van der Waals surface area contributed by atoms with E-state index >= 15 is 0 Å². The van der Waals surface area contributed by atoms with Crippen LogP contribution in [0.3, 0.4) is 0 Å². The van der Waals surface area contributed by atoms with Crippen LogP contribution < -0.4 is 0 Å². The van der Waals surface area contributed by atoms with Gasteiger partial charge in [0.1, 0.15) is 0 Å². The molecule has 6 saturated carbocycles. The molecule has 0 aromatic heterocycles. The van der Waals surface area contributed by atoms with Gasteiger partial charge < -0.3 is 14.9 Å². The molecule has 12 atom stereocenters. The van der Waals surface area contributed by atoms with Gasteiger partial charge in [-0.3, -0.25) is 0 Å². The van der Waals surface area contributed by atoms with Crippen LogP contribution >= 0.6 is 0 Å². The van der Waals surface area contributed by atoms with Crippen molar-refractivity contribution in [3.05, 3.63) is 0 Å². The largest absolute Gasteiger partial charge is 0.396 e. The van der Waals surface area contributed by atoms with Crippen LogP contribution in [0.5, 0.6) is 0 Å². The van der Waals surface area contributed by atoms with Crippen LogP contribution in [0, 0.1) is 71.0 Å². The van der Waals surface area contributed by atoms with Crippen molar-refractivity contribution < 1.29 is 14.9 Å². The minimum absolute atomic E-state index is 0.426. The summed E-state index contributed by atoms with van der Waals surface area (Å²) in [6.07, 6.45) is 10.9. The van der Waals surface area contributed by atoms with Gasteiger partial charge in [-0.05, 0) is 122 Å². The summed E-state index contributed by atoms with van der Waals surface area (Å²) in [5.74, 6) is 9.96. The first-order valence-corrected chi connectivity index (χ1v) is 12.1. The number of hydrogen-bond acceptors (Lipinski definition) is 3. The highest BCUT2D eigenvalue weighted by Gasteiger charge is 2.58. The molecule has 0 spiro atoms. The molecule has 6 aliphatic carbocycles. The van der Waals surface area contributed by atoms with Crippen LogP contribution in [0.25, 0.3) is 0 Å². The molecule has 152 valence electrons. The summed E-state index contributed by atoms with van der Waals surface area (Å²) in [6, 6.07) is 0. The van der Waals surface area contributed by atoms with Crippen LogP contribution in [0.15, 0.2) is 0 Å². The van der Waals surface area contributed by atoms with Crippen LogP contribution in [0.4, 0.5) is 0 Å². The van der Waals surface area contributed by atoms with Crippen LogP contribution in [0.2, 0.25) is 0 Å². The molecule has 0 saturated heterocycles. The third-order valence-corrected chi connectivity index (χ3v) is 10.7. The number of hydrogen-bond donors (Lipinski definition) is 2. The third kappa shape index (κ3) is 2.56. The third-order valence-electron chi connectivity index (χ3n) is 10.7. The predicted molar refractivity (Wildman–Crippen MR) is 104 cm³/mol. The molecule has 6 fully saturated rings. The van der Waals surface area contributed by atoms with E-state index in [9.17, 15) is 10.2 Å². The lowest BCUT2D eigenvalue weighted by molar-refractivity contribution is 0.0140. The monoisotopic (exact) mass is 374 g/mol. The molecular weight excluding hydrogens is 336 g/mol. The molecule has 27 heavy (non-hydrogen) atoms. The van der Waals surface area contributed by atoms with Gasteiger partial charge in [-0.1, -0.05) is 0 Å². The lowest BCUT2D eigenvalue weighted by Gasteiger charge is -2.35. The van der Waals surface area contributed by atoms with Gasteiger partial charge >= 0.3 is 0 Å². The fraction of sp³-hybridized carbons (Fsp3) is 1.00. The van der Waals surface area contributed by atoms with E-state index in [0.717, 1.165) is 72.4 Å². The van der Waals surface area contributed by atoms with E-state index in [4.69, 9.17) is 4.74 Å². The molecule has 0 aromatic rings. The van der Waals surface area contributed by atoms with Crippen molar-refractivity contribution in [2.75, 3.05) is 26.4 Å². The van der Waals surface area contributed by atoms with E-state index in [1.807, 2.05) is 0 Å². The smallest absolute Gasteiger partial charge is 0.0497 e. The van der Waals surface area contributed by atoms with Crippen molar-refractivity contribution in [2.45, 2.75) is 51.4 Å². The van der Waals surface area contributed by atoms with Gasteiger partial charge in [-0.15, -0.1) is 0 Å². The fourth-order valence-electron chi connectivity index (χ4n) is 10.0. The van der Waals surface area contributed by atoms with E-state index in [1.54, 1.807) is 0 Å². The van der Waals surface area contributed by atoms with Crippen LogP contribution in [-0.2, 0) is 4.74 Å². The molecule has 3 nitrogen and oxygen atoms in total. The standard InChI is InChI=1S/C24H38O3/c25-9-13-1-3-20-22-8-16(23(13)20)6-18(22)12-27-11-14-2-4-19-21-7-15(24(14)19)5-17(21)10-26/h13-26H,1-12H2. The Balaban J connectivity index is 1.02. The Morgan fingerprint density at radius 1 is 0.556 bits per heavy atom. The lowest BCUT2D eigenvalue weighted by atomic mass is 9.73. The Bertz CT molecular complexity index is 562. The van der Waals surface area contributed by atoms with Crippen molar-refractivity contribution in [1.29, 1.82) is 0 Å². The molecule has 4 bridgehead atoms. The summed E-state index contributed by atoms with van der Waals surface area (Å²) in [5.41, 5.74) is 0. The Morgan fingerprint density at radius 3 is 1.81 bits per heavy atom. The second kappa shape index (κ2) is 6.71. The van der Waals surface area contributed by atoms with Crippen molar-refractivity contribution in [3.8, 4) is 0 Å².